The van der Waals surface area contributed by atoms with Gasteiger partial charge in [-0.3, -0.25) is 9.59 Å². The molecular formula is C13H14N4O2S. The molecule has 104 valence electrons. The normalized spacial score (nSPS) is 10.1. The molecule has 0 aliphatic rings. The van der Waals surface area contributed by atoms with Gasteiger partial charge in [-0.05, 0) is 24.6 Å². The summed E-state index contributed by atoms with van der Waals surface area (Å²) in [5, 5.41) is 7.35. The maximum atomic E-state index is 11.9. The van der Waals surface area contributed by atoms with Crippen molar-refractivity contribution in [2.75, 3.05) is 16.4 Å². The Balaban J connectivity index is 2.17. The number of carbonyl (C=O) groups is 2. The maximum Gasteiger partial charge on any atom is 0.275 e. The Morgan fingerprint density at radius 2 is 2.05 bits per heavy atom. The number of aryl methyl sites for hydroxylation is 1. The summed E-state index contributed by atoms with van der Waals surface area (Å²) >= 11 is 1.21. The number of benzene rings is 1. The number of amides is 2. The molecule has 0 spiro atoms. The van der Waals surface area contributed by atoms with Crippen LogP contribution in [0.25, 0.3) is 0 Å². The molecule has 1 aromatic heterocycles. The van der Waals surface area contributed by atoms with Gasteiger partial charge in [0.1, 0.15) is 5.69 Å². The molecule has 2 rings (SSSR count). The highest BCUT2D eigenvalue weighted by atomic mass is 32.1. The first-order chi connectivity index (χ1) is 9.45. The van der Waals surface area contributed by atoms with Crippen LogP contribution in [0.15, 0.2) is 23.6 Å². The number of nitrogens with zero attached hydrogens (tertiary/aromatic N) is 1. The Morgan fingerprint density at radius 1 is 1.30 bits per heavy atom. The van der Waals surface area contributed by atoms with E-state index < -0.39 is 0 Å². The largest absolute Gasteiger partial charge is 0.375 e. The summed E-state index contributed by atoms with van der Waals surface area (Å²) in [5.74, 6) is -0.501. The van der Waals surface area contributed by atoms with E-state index in [-0.39, 0.29) is 17.5 Å². The third-order valence-electron chi connectivity index (χ3n) is 2.56. The van der Waals surface area contributed by atoms with Gasteiger partial charge < -0.3 is 16.4 Å². The lowest BCUT2D eigenvalue weighted by atomic mass is 10.1. The van der Waals surface area contributed by atoms with Crippen molar-refractivity contribution in [1.82, 2.24) is 4.98 Å². The van der Waals surface area contributed by atoms with Crippen LogP contribution in [-0.4, -0.2) is 16.8 Å². The van der Waals surface area contributed by atoms with E-state index >= 15 is 0 Å². The average Bonchev–Trinajstić information content (AvgIpc) is 2.79. The van der Waals surface area contributed by atoms with Crippen molar-refractivity contribution >= 4 is 39.7 Å². The number of anilines is 3. The quantitative estimate of drug-likeness (QED) is 0.807. The highest BCUT2D eigenvalue weighted by Crippen LogP contribution is 2.21. The number of nitrogen functional groups attached to an aromatic ring is 1. The lowest BCUT2D eigenvalue weighted by Crippen LogP contribution is -2.13. The van der Waals surface area contributed by atoms with Gasteiger partial charge in [-0.1, -0.05) is 6.07 Å². The monoisotopic (exact) mass is 290 g/mol. The van der Waals surface area contributed by atoms with Crippen molar-refractivity contribution in [1.29, 1.82) is 0 Å². The van der Waals surface area contributed by atoms with E-state index in [9.17, 15) is 9.59 Å². The number of nitrogens with one attached hydrogen (secondary N) is 2. The first-order valence-corrected chi connectivity index (χ1v) is 6.74. The third kappa shape index (κ3) is 3.33. The number of thiazole rings is 1. The minimum atomic E-state index is -0.337. The highest BCUT2D eigenvalue weighted by molar-refractivity contribution is 7.13. The predicted octanol–water partition coefficient (Wildman–Crippen LogP) is 2.24. The zero-order valence-corrected chi connectivity index (χ0v) is 11.9. The Morgan fingerprint density at radius 3 is 2.65 bits per heavy atom. The molecule has 0 aliphatic heterocycles. The van der Waals surface area contributed by atoms with Gasteiger partial charge in [0.15, 0.2) is 5.13 Å². The highest BCUT2D eigenvalue weighted by Gasteiger charge is 2.11. The van der Waals surface area contributed by atoms with Gasteiger partial charge in [0.05, 0.1) is 0 Å². The summed E-state index contributed by atoms with van der Waals surface area (Å²) in [7, 11) is 0. The molecule has 0 bridgehead atoms. The Labute approximate surface area is 120 Å². The van der Waals surface area contributed by atoms with Gasteiger partial charge in [0.2, 0.25) is 5.91 Å². The molecular weight excluding hydrogens is 276 g/mol. The molecule has 4 N–H and O–H groups in total. The van der Waals surface area contributed by atoms with E-state index in [2.05, 4.69) is 15.6 Å². The van der Waals surface area contributed by atoms with Crippen LogP contribution in [0.3, 0.4) is 0 Å². The van der Waals surface area contributed by atoms with Crippen LogP contribution in [-0.2, 0) is 4.79 Å². The molecule has 0 saturated heterocycles. The number of hydrogen-bond acceptors (Lipinski definition) is 5. The topological polar surface area (TPSA) is 97.1 Å². The van der Waals surface area contributed by atoms with Crippen LogP contribution in [0.2, 0.25) is 0 Å². The van der Waals surface area contributed by atoms with Crippen molar-refractivity contribution in [3.63, 3.8) is 0 Å². The lowest BCUT2D eigenvalue weighted by Gasteiger charge is -2.09. The van der Waals surface area contributed by atoms with E-state index in [1.165, 1.54) is 18.3 Å². The second-order valence-corrected chi connectivity index (χ2v) is 5.13. The molecule has 0 fully saturated rings. The third-order valence-corrected chi connectivity index (χ3v) is 3.23. The van der Waals surface area contributed by atoms with E-state index in [1.54, 1.807) is 17.5 Å². The van der Waals surface area contributed by atoms with Crippen LogP contribution in [0.1, 0.15) is 23.0 Å². The average molecular weight is 290 g/mol. The van der Waals surface area contributed by atoms with Gasteiger partial charge in [-0.15, -0.1) is 11.3 Å². The summed E-state index contributed by atoms with van der Waals surface area (Å²) in [6.07, 6.45) is 0. The fraction of sp³-hybridized carbons (Fsp3) is 0.154. The van der Waals surface area contributed by atoms with E-state index in [0.29, 0.717) is 16.5 Å². The van der Waals surface area contributed by atoms with Gasteiger partial charge in [0.25, 0.3) is 5.91 Å². The van der Waals surface area contributed by atoms with E-state index in [0.717, 1.165) is 5.56 Å². The Bertz CT molecular complexity index is 666. The van der Waals surface area contributed by atoms with Crippen molar-refractivity contribution < 1.29 is 9.59 Å². The van der Waals surface area contributed by atoms with Gasteiger partial charge in [-0.25, -0.2) is 4.98 Å². The van der Waals surface area contributed by atoms with Crippen LogP contribution < -0.4 is 16.4 Å². The second kappa shape index (κ2) is 5.70. The summed E-state index contributed by atoms with van der Waals surface area (Å²) in [5.41, 5.74) is 7.91. The van der Waals surface area contributed by atoms with Crippen molar-refractivity contribution in [2.45, 2.75) is 13.8 Å². The molecule has 20 heavy (non-hydrogen) atoms. The van der Waals surface area contributed by atoms with Crippen LogP contribution in [0.5, 0.6) is 0 Å². The van der Waals surface area contributed by atoms with Crippen LogP contribution >= 0.6 is 11.3 Å². The first-order valence-electron chi connectivity index (χ1n) is 5.86. The summed E-state index contributed by atoms with van der Waals surface area (Å²) in [6, 6.07) is 5.27. The molecule has 1 aromatic carbocycles. The molecule has 0 atom stereocenters. The summed E-state index contributed by atoms with van der Waals surface area (Å²) in [4.78, 5) is 26.9. The van der Waals surface area contributed by atoms with Crippen LogP contribution in [0, 0.1) is 6.92 Å². The van der Waals surface area contributed by atoms with Gasteiger partial charge >= 0.3 is 0 Å². The molecule has 2 aromatic rings. The molecule has 1 heterocycles. The number of rotatable bonds is 3. The molecule has 0 unspecified atom stereocenters. The number of nitrogens with two attached hydrogens (primary N) is 1. The minimum absolute atomic E-state index is 0.163. The number of hydrogen-bond donors (Lipinski definition) is 3. The predicted molar refractivity (Wildman–Crippen MR) is 80.0 cm³/mol. The van der Waals surface area contributed by atoms with Crippen molar-refractivity contribution in [3.05, 3.63) is 34.8 Å². The maximum absolute atomic E-state index is 11.9. The molecule has 2 amide bonds. The molecule has 0 saturated carbocycles. The fourth-order valence-corrected chi connectivity index (χ4v) is 2.15. The molecule has 6 nitrogen and oxygen atoms in total. The van der Waals surface area contributed by atoms with Crippen molar-refractivity contribution in [3.8, 4) is 0 Å². The minimum Gasteiger partial charge on any atom is -0.375 e. The second-order valence-electron chi connectivity index (χ2n) is 4.24. The van der Waals surface area contributed by atoms with Gasteiger partial charge in [-0.2, -0.15) is 0 Å². The summed E-state index contributed by atoms with van der Waals surface area (Å²) < 4.78 is 0. The zero-order valence-electron chi connectivity index (χ0n) is 11.1. The molecule has 7 heteroatoms. The van der Waals surface area contributed by atoms with Crippen molar-refractivity contribution in [2.24, 2.45) is 0 Å². The van der Waals surface area contributed by atoms with E-state index in [1.807, 2.05) is 13.0 Å². The Hall–Kier alpha value is -2.41. The SMILES string of the molecule is CC(=O)Nc1cc(NC(=O)c2csc(N)n2)ccc1C. The Kier molecular flexibility index (Phi) is 3.99. The van der Waals surface area contributed by atoms with Gasteiger partial charge in [0, 0.05) is 23.7 Å². The molecule has 0 aliphatic carbocycles. The standard InChI is InChI=1S/C13H14N4O2S/c1-7-3-4-9(5-10(7)15-8(2)18)16-12(19)11-6-20-13(14)17-11/h3-6H,1-2H3,(H2,14,17)(H,15,18)(H,16,19). The number of aromatic nitrogens is 1. The zero-order chi connectivity index (χ0) is 14.7. The van der Waals surface area contributed by atoms with Crippen LogP contribution in [0.4, 0.5) is 16.5 Å². The lowest BCUT2D eigenvalue weighted by molar-refractivity contribution is -0.114. The first kappa shape index (κ1) is 14.0. The summed E-state index contributed by atoms with van der Waals surface area (Å²) in [6.45, 7) is 3.31. The fourth-order valence-electron chi connectivity index (χ4n) is 1.61. The smallest absolute Gasteiger partial charge is 0.275 e. The number of carbonyl (C=O) groups excluding carboxylic acids is 2. The molecule has 0 radical (unpaired) electrons. The van der Waals surface area contributed by atoms with E-state index in [4.69, 9.17) is 5.73 Å².